The highest BCUT2D eigenvalue weighted by Gasteiger charge is 2.36. The average Bonchev–Trinajstić information content (AvgIpc) is 3.12. The molecule has 2 heterocycles. The Balaban J connectivity index is 2.10. The SMILES string of the molecule is CCNC(=NCc1cn(C)nc1C(F)(F)F)N(C)CC1CCOC1. The summed E-state index contributed by atoms with van der Waals surface area (Å²) in [7, 11) is 3.35. The first-order valence-electron chi connectivity index (χ1n) is 7.98. The maximum atomic E-state index is 13.0. The van der Waals surface area contributed by atoms with E-state index >= 15 is 0 Å². The summed E-state index contributed by atoms with van der Waals surface area (Å²) in [5, 5.41) is 6.62. The fraction of sp³-hybridized carbons (Fsp3) is 0.733. The van der Waals surface area contributed by atoms with Crippen LogP contribution in [0.4, 0.5) is 13.2 Å². The topological polar surface area (TPSA) is 54.7 Å². The Hall–Kier alpha value is -1.77. The number of nitrogens with one attached hydrogen (secondary N) is 1. The number of nitrogens with zero attached hydrogens (tertiary/aromatic N) is 4. The van der Waals surface area contributed by atoms with Crippen LogP contribution in [0.3, 0.4) is 0 Å². The fourth-order valence-corrected chi connectivity index (χ4v) is 2.72. The Morgan fingerprint density at radius 3 is 2.88 bits per heavy atom. The van der Waals surface area contributed by atoms with Crippen LogP contribution in [-0.2, 0) is 24.5 Å². The average molecular weight is 347 g/mol. The van der Waals surface area contributed by atoms with Gasteiger partial charge in [-0.05, 0) is 13.3 Å². The lowest BCUT2D eigenvalue weighted by Crippen LogP contribution is -2.41. The summed E-state index contributed by atoms with van der Waals surface area (Å²) in [6.45, 7) is 4.72. The van der Waals surface area contributed by atoms with Gasteiger partial charge in [0.15, 0.2) is 11.7 Å². The number of aromatic nitrogens is 2. The lowest BCUT2D eigenvalue weighted by Gasteiger charge is -2.24. The van der Waals surface area contributed by atoms with Crippen LogP contribution >= 0.6 is 0 Å². The normalized spacial score (nSPS) is 18.9. The van der Waals surface area contributed by atoms with Crippen molar-refractivity contribution in [2.24, 2.45) is 18.0 Å². The molecule has 0 aliphatic carbocycles. The number of halogens is 3. The molecule has 1 N–H and O–H groups in total. The van der Waals surface area contributed by atoms with Crippen LogP contribution in [0.1, 0.15) is 24.6 Å². The number of alkyl halides is 3. The van der Waals surface area contributed by atoms with E-state index in [9.17, 15) is 13.2 Å². The number of ether oxygens (including phenoxy) is 1. The Morgan fingerprint density at radius 2 is 2.29 bits per heavy atom. The molecule has 1 atom stereocenters. The van der Waals surface area contributed by atoms with Crippen LogP contribution in [0.2, 0.25) is 0 Å². The lowest BCUT2D eigenvalue weighted by molar-refractivity contribution is -0.142. The third-order valence-electron chi connectivity index (χ3n) is 3.82. The zero-order chi connectivity index (χ0) is 17.7. The molecule has 0 radical (unpaired) electrons. The van der Waals surface area contributed by atoms with Crippen molar-refractivity contribution in [3.63, 3.8) is 0 Å². The van der Waals surface area contributed by atoms with Gasteiger partial charge in [0.25, 0.3) is 0 Å². The van der Waals surface area contributed by atoms with Gasteiger partial charge in [-0.3, -0.25) is 4.68 Å². The van der Waals surface area contributed by atoms with E-state index in [1.165, 1.54) is 17.9 Å². The molecule has 0 bridgehead atoms. The van der Waals surface area contributed by atoms with Gasteiger partial charge in [-0.25, -0.2) is 4.99 Å². The molecular formula is C15H24F3N5O. The van der Waals surface area contributed by atoms with Crippen LogP contribution in [-0.4, -0.2) is 54.0 Å². The molecule has 9 heteroatoms. The highest BCUT2D eigenvalue weighted by Crippen LogP contribution is 2.30. The van der Waals surface area contributed by atoms with Crippen molar-refractivity contribution in [1.29, 1.82) is 0 Å². The monoisotopic (exact) mass is 347 g/mol. The summed E-state index contributed by atoms with van der Waals surface area (Å²) in [6.07, 6.45) is -2.12. The number of rotatable bonds is 5. The zero-order valence-corrected chi connectivity index (χ0v) is 14.2. The number of hydrogen-bond acceptors (Lipinski definition) is 3. The number of guanidine groups is 1. The Kier molecular flexibility index (Phi) is 6.09. The van der Waals surface area contributed by atoms with Crippen LogP contribution in [0.15, 0.2) is 11.2 Å². The van der Waals surface area contributed by atoms with E-state index in [2.05, 4.69) is 15.4 Å². The summed E-state index contributed by atoms with van der Waals surface area (Å²) < 4.78 is 45.5. The van der Waals surface area contributed by atoms with Crippen LogP contribution in [0.5, 0.6) is 0 Å². The molecule has 1 saturated heterocycles. The van der Waals surface area contributed by atoms with Crippen molar-refractivity contribution in [3.8, 4) is 0 Å². The second-order valence-electron chi connectivity index (χ2n) is 5.95. The molecule has 0 aromatic carbocycles. The van der Waals surface area contributed by atoms with Crippen molar-refractivity contribution in [2.45, 2.75) is 26.1 Å². The molecule has 0 saturated carbocycles. The molecule has 1 unspecified atom stereocenters. The van der Waals surface area contributed by atoms with Crippen LogP contribution in [0.25, 0.3) is 0 Å². The summed E-state index contributed by atoms with van der Waals surface area (Å²) in [5.41, 5.74) is -0.811. The summed E-state index contributed by atoms with van der Waals surface area (Å²) in [5.74, 6) is 1.00. The van der Waals surface area contributed by atoms with Gasteiger partial charge in [-0.15, -0.1) is 0 Å². The van der Waals surface area contributed by atoms with Gasteiger partial charge < -0.3 is 15.0 Å². The molecule has 136 valence electrons. The second kappa shape index (κ2) is 7.87. The molecule has 1 aromatic heterocycles. The molecule has 2 rings (SSSR count). The fourth-order valence-electron chi connectivity index (χ4n) is 2.72. The van der Waals surface area contributed by atoms with Crippen molar-refractivity contribution >= 4 is 5.96 Å². The van der Waals surface area contributed by atoms with Gasteiger partial charge in [0.05, 0.1) is 13.2 Å². The first-order chi connectivity index (χ1) is 11.3. The molecule has 1 fully saturated rings. The first kappa shape index (κ1) is 18.6. The summed E-state index contributed by atoms with van der Waals surface area (Å²) in [4.78, 5) is 6.29. The molecular weight excluding hydrogens is 323 g/mol. The molecule has 0 amide bonds. The van der Waals surface area contributed by atoms with Crippen molar-refractivity contribution < 1.29 is 17.9 Å². The molecule has 6 nitrogen and oxygen atoms in total. The van der Waals surface area contributed by atoms with Gasteiger partial charge in [0.2, 0.25) is 0 Å². The number of aliphatic imine (C=N–C) groups is 1. The molecule has 1 aliphatic heterocycles. The Labute approximate surface area is 139 Å². The molecule has 1 aromatic rings. The highest BCUT2D eigenvalue weighted by atomic mass is 19.4. The van der Waals surface area contributed by atoms with E-state index in [0.717, 1.165) is 19.6 Å². The van der Waals surface area contributed by atoms with Crippen LogP contribution in [0, 0.1) is 5.92 Å². The van der Waals surface area contributed by atoms with Crippen molar-refractivity contribution in [2.75, 3.05) is 33.4 Å². The predicted molar refractivity (Wildman–Crippen MR) is 84.6 cm³/mol. The van der Waals surface area contributed by atoms with E-state index in [1.807, 2.05) is 18.9 Å². The van der Waals surface area contributed by atoms with E-state index in [4.69, 9.17) is 4.74 Å². The zero-order valence-electron chi connectivity index (χ0n) is 14.2. The smallest absolute Gasteiger partial charge is 0.381 e. The maximum Gasteiger partial charge on any atom is 0.435 e. The van der Waals surface area contributed by atoms with E-state index in [1.54, 1.807) is 0 Å². The molecule has 1 aliphatic rings. The first-order valence-corrected chi connectivity index (χ1v) is 7.98. The summed E-state index contributed by atoms with van der Waals surface area (Å²) >= 11 is 0. The Morgan fingerprint density at radius 1 is 1.54 bits per heavy atom. The van der Waals surface area contributed by atoms with Gasteiger partial charge in [0, 0.05) is 51.5 Å². The third kappa shape index (κ3) is 4.86. The van der Waals surface area contributed by atoms with E-state index in [0.29, 0.717) is 25.0 Å². The second-order valence-corrected chi connectivity index (χ2v) is 5.95. The van der Waals surface area contributed by atoms with Crippen molar-refractivity contribution in [1.82, 2.24) is 20.0 Å². The third-order valence-corrected chi connectivity index (χ3v) is 3.82. The van der Waals surface area contributed by atoms with E-state index < -0.39 is 11.9 Å². The number of hydrogen-bond donors (Lipinski definition) is 1. The maximum absolute atomic E-state index is 13.0. The standard InChI is InChI=1S/C15H24F3N5O/c1-4-19-14(22(2)8-11-5-6-24-10-11)20-7-12-9-23(3)21-13(12)15(16,17)18/h9,11H,4-8,10H2,1-3H3,(H,19,20). The largest absolute Gasteiger partial charge is 0.435 e. The summed E-state index contributed by atoms with van der Waals surface area (Å²) in [6, 6.07) is 0. The highest BCUT2D eigenvalue weighted by molar-refractivity contribution is 5.79. The predicted octanol–water partition coefficient (Wildman–Crippen LogP) is 1.87. The minimum atomic E-state index is -4.47. The van der Waals surface area contributed by atoms with Gasteiger partial charge in [-0.1, -0.05) is 0 Å². The quantitative estimate of drug-likeness (QED) is 0.653. The minimum absolute atomic E-state index is 0.0676. The minimum Gasteiger partial charge on any atom is -0.381 e. The molecule has 24 heavy (non-hydrogen) atoms. The Bertz CT molecular complexity index is 564. The lowest BCUT2D eigenvalue weighted by atomic mass is 10.1. The van der Waals surface area contributed by atoms with Gasteiger partial charge >= 0.3 is 6.18 Å². The number of aryl methyl sites for hydroxylation is 1. The van der Waals surface area contributed by atoms with E-state index in [-0.39, 0.29) is 12.1 Å². The van der Waals surface area contributed by atoms with Crippen molar-refractivity contribution in [3.05, 3.63) is 17.5 Å². The van der Waals surface area contributed by atoms with Gasteiger partial charge in [-0.2, -0.15) is 18.3 Å². The van der Waals surface area contributed by atoms with Gasteiger partial charge in [0.1, 0.15) is 0 Å². The van der Waals surface area contributed by atoms with Crippen LogP contribution < -0.4 is 5.32 Å². The molecule has 0 spiro atoms.